The van der Waals surface area contributed by atoms with Crippen LogP contribution in [0.15, 0.2) is 0 Å². The zero-order valence-electron chi connectivity index (χ0n) is 28.9. The summed E-state index contributed by atoms with van der Waals surface area (Å²) in [5.74, 6) is 0.966. The van der Waals surface area contributed by atoms with Gasteiger partial charge in [0.1, 0.15) is 0 Å². The maximum atomic E-state index is 12.0. The van der Waals surface area contributed by atoms with E-state index >= 15 is 0 Å². The maximum Gasteiger partial charge on any atom is 0.305 e. The third kappa shape index (κ3) is 35.6. The molecule has 0 aromatic carbocycles. The maximum absolute atomic E-state index is 12.0. The van der Waals surface area contributed by atoms with Crippen LogP contribution in [0.2, 0.25) is 0 Å². The third-order valence-corrected chi connectivity index (χ3v) is 9.12. The highest BCUT2D eigenvalue weighted by Crippen LogP contribution is 2.17. The summed E-state index contributed by atoms with van der Waals surface area (Å²) < 4.78 is 5.46. The Morgan fingerprint density at radius 2 is 0.756 bits per heavy atom. The number of esters is 1. The number of unbranched alkanes of at least 4 members (excludes halogenated alkanes) is 27. The van der Waals surface area contributed by atoms with E-state index in [-0.39, 0.29) is 5.97 Å². The van der Waals surface area contributed by atoms with Crippen molar-refractivity contribution in [3.8, 4) is 0 Å². The summed E-state index contributed by atoms with van der Waals surface area (Å²) in [6, 6.07) is 0. The number of ether oxygens (including phenoxy) is 1. The fourth-order valence-electron chi connectivity index (χ4n) is 6.25. The van der Waals surface area contributed by atoms with Crippen LogP contribution in [0.5, 0.6) is 0 Å². The zero-order chi connectivity index (χ0) is 29.9. The van der Waals surface area contributed by atoms with E-state index < -0.39 is 0 Å². The standard InChI is InChI=1S/C39H78O2/c1-4-6-7-8-9-10-11-12-13-14-18-21-24-27-30-33-37-41-39(40)36-32-29-26-23-20-17-15-16-19-22-25-28-31-35-38(3)34-5-2/h38H,4-37H2,1-3H3. The van der Waals surface area contributed by atoms with Gasteiger partial charge in [0.2, 0.25) is 0 Å². The Hall–Kier alpha value is -0.530. The van der Waals surface area contributed by atoms with Crippen molar-refractivity contribution in [3.05, 3.63) is 0 Å². The van der Waals surface area contributed by atoms with Gasteiger partial charge in [-0.05, 0) is 18.8 Å². The summed E-state index contributed by atoms with van der Waals surface area (Å²) in [7, 11) is 0. The summed E-state index contributed by atoms with van der Waals surface area (Å²) in [4.78, 5) is 12.0. The minimum Gasteiger partial charge on any atom is -0.466 e. The van der Waals surface area contributed by atoms with E-state index in [9.17, 15) is 4.79 Å². The molecule has 0 amide bonds. The molecule has 1 unspecified atom stereocenters. The predicted molar refractivity (Wildman–Crippen MR) is 184 cm³/mol. The van der Waals surface area contributed by atoms with Crippen LogP contribution in [-0.4, -0.2) is 12.6 Å². The van der Waals surface area contributed by atoms with Gasteiger partial charge in [-0.2, -0.15) is 0 Å². The van der Waals surface area contributed by atoms with Gasteiger partial charge in [-0.1, -0.05) is 213 Å². The van der Waals surface area contributed by atoms with Crippen LogP contribution >= 0.6 is 0 Å². The van der Waals surface area contributed by atoms with Gasteiger partial charge in [0, 0.05) is 6.42 Å². The largest absolute Gasteiger partial charge is 0.466 e. The van der Waals surface area contributed by atoms with Gasteiger partial charge in [0.25, 0.3) is 0 Å². The fraction of sp³-hybridized carbons (Fsp3) is 0.974. The van der Waals surface area contributed by atoms with Crippen LogP contribution in [0, 0.1) is 5.92 Å². The molecule has 0 aliphatic carbocycles. The van der Waals surface area contributed by atoms with Gasteiger partial charge < -0.3 is 4.74 Å². The molecule has 0 heterocycles. The average molecular weight is 579 g/mol. The van der Waals surface area contributed by atoms with Crippen LogP contribution < -0.4 is 0 Å². The Kier molecular flexibility index (Phi) is 35.2. The number of rotatable bonds is 35. The van der Waals surface area contributed by atoms with Crippen molar-refractivity contribution >= 4 is 5.97 Å². The highest BCUT2D eigenvalue weighted by Gasteiger charge is 2.03. The SMILES string of the molecule is CCCCCCCCCCCCCCCCCCOC(=O)CCCCCCCCCCCCCCCC(C)CCC. The third-order valence-electron chi connectivity index (χ3n) is 9.12. The molecule has 0 aromatic rings. The summed E-state index contributed by atoms with van der Waals surface area (Å²) >= 11 is 0. The summed E-state index contributed by atoms with van der Waals surface area (Å²) in [5, 5.41) is 0. The highest BCUT2D eigenvalue weighted by molar-refractivity contribution is 5.69. The molecule has 0 saturated heterocycles. The highest BCUT2D eigenvalue weighted by atomic mass is 16.5. The second-order valence-electron chi connectivity index (χ2n) is 13.6. The number of hydrogen-bond donors (Lipinski definition) is 0. The molecule has 0 aliphatic heterocycles. The van der Waals surface area contributed by atoms with Crippen molar-refractivity contribution in [3.63, 3.8) is 0 Å². The lowest BCUT2D eigenvalue weighted by Gasteiger charge is -2.09. The average Bonchev–Trinajstić information content (AvgIpc) is 2.96. The Morgan fingerprint density at radius 1 is 0.415 bits per heavy atom. The van der Waals surface area contributed by atoms with E-state index in [0.717, 1.165) is 18.8 Å². The van der Waals surface area contributed by atoms with Crippen molar-refractivity contribution in [1.82, 2.24) is 0 Å². The van der Waals surface area contributed by atoms with Crippen molar-refractivity contribution in [2.24, 2.45) is 5.92 Å². The summed E-state index contributed by atoms with van der Waals surface area (Å²) in [5.41, 5.74) is 0. The molecule has 1 atom stereocenters. The molecule has 0 rings (SSSR count). The van der Waals surface area contributed by atoms with Crippen molar-refractivity contribution in [2.75, 3.05) is 6.61 Å². The predicted octanol–water partition coefficient (Wildman–Crippen LogP) is 14.1. The Labute approximate surface area is 260 Å². The minimum absolute atomic E-state index is 0.0291. The second-order valence-corrected chi connectivity index (χ2v) is 13.6. The topological polar surface area (TPSA) is 26.3 Å². The molecule has 0 fully saturated rings. The Balaban J connectivity index is 3.16. The first-order chi connectivity index (χ1) is 20.2. The van der Waals surface area contributed by atoms with Gasteiger partial charge in [0.15, 0.2) is 0 Å². The molecular weight excluding hydrogens is 500 g/mol. The van der Waals surface area contributed by atoms with Crippen LogP contribution in [0.25, 0.3) is 0 Å². The van der Waals surface area contributed by atoms with E-state index in [1.807, 2.05) is 0 Å². The molecular formula is C39H78O2. The van der Waals surface area contributed by atoms with E-state index in [1.54, 1.807) is 0 Å². The lowest BCUT2D eigenvalue weighted by molar-refractivity contribution is -0.143. The Morgan fingerprint density at radius 3 is 1.15 bits per heavy atom. The monoisotopic (exact) mass is 579 g/mol. The molecule has 0 radical (unpaired) electrons. The van der Waals surface area contributed by atoms with Crippen LogP contribution in [-0.2, 0) is 9.53 Å². The number of carbonyl (C=O) groups is 1. The molecule has 0 aromatic heterocycles. The minimum atomic E-state index is 0.0291. The molecule has 0 saturated carbocycles. The van der Waals surface area contributed by atoms with Gasteiger partial charge in [-0.25, -0.2) is 0 Å². The second kappa shape index (κ2) is 35.7. The summed E-state index contributed by atoms with van der Waals surface area (Å²) in [6.45, 7) is 7.65. The molecule has 246 valence electrons. The normalized spacial score (nSPS) is 12.2. The van der Waals surface area contributed by atoms with E-state index in [4.69, 9.17) is 4.74 Å². The lowest BCUT2D eigenvalue weighted by atomic mass is 9.98. The first-order valence-electron chi connectivity index (χ1n) is 19.4. The number of carbonyl (C=O) groups excluding carboxylic acids is 1. The van der Waals surface area contributed by atoms with Crippen LogP contribution in [0.4, 0.5) is 0 Å². The van der Waals surface area contributed by atoms with Gasteiger partial charge >= 0.3 is 5.97 Å². The van der Waals surface area contributed by atoms with Crippen molar-refractivity contribution in [2.45, 2.75) is 233 Å². The van der Waals surface area contributed by atoms with Crippen LogP contribution in [0.3, 0.4) is 0 Å². The molecule has 0 N–H and O–H groups in total. The number of hydrogen-bond acceptors (Lipinski definition) is 2. The van der Waals surface area contributed by atoms with Gasteiger partial charge in [0.05, 0.1) is 6.61 Å². The molecule has 2 heteroatoms. The van der Waals surface area contributed by atoms with Gasteiger partial charge in [-0.15, -0.1) is 0 Å². The van der Waals surface area contributed by atoms with E-state index in [0.29, 0.717) is 13.0 Å². The Bertz CT molecular complexity index is 488. The summed E-state index contributed by atoms with van der Waals surface area (Å²) in [6.07, 6.45) is 44.5. The molecule has 0 aliphatic rings. The van der Waals surface area contributed by atoms with E-state index in [1.165, 1.54) is 193 Å². The first kappa shape index (κ1) is 40.5. The van der Waals surface area contributed by atoms with Crippen molar-refractivity contribution < 1.29 is 9.53 Å². The van der Waals surface area contributed by atoms with E-state index in [2.05, 4.69) is 20.8 Å². The lowest BCUT2D eigenvalue weighted by Crippen LogP contribution is -2.05. The van der Waals surface area contributed by atoms with Crippen LogP contribution in [0.1, 0.15) is 233 Å². The quantitative estimate of drug-likeness (QED) is 0.0552. The van der Waals surface area contributed by atoms with Crippen molar-refractivity contribution in [1.29, 1.82) is 0 Å². The smallest absolute Gasteiger partial charge is 0.305 e. The van der Waals surface area contributed by atoms with Gasteiger partial charge in [-0.3, -0.25) is 4.79 Å². The molecule has 2 nitrogen and oxygen atoms in total. The fourth-order valence-corrected chi connectivity index (χ4v) is 6.25. The molecule has 41 heavy (non-hydrogen) atoms. The first-order valence-corrected chi connectivity index (χ1v) is 19.4. The zero-order valence-corrected chi connectivity index (χ0v) is 28.9. The molecule has 0 bridgehead atoms. The molecule has 0 spiro atoms.